The molecule has 0 spiro atoms. The third-order valence-electron chi connectivity index (χ3n) is 6.54. The predicted molar refractivity (Wildman–Crippen MR) is 107 cm³/mol. The molecule has 6 rings (SSSR count). The van der Waals surface area contributed by atoms with E-state index in [1.807, 2.05) is 24.4 Å². The summed E-state index contributed by atoms with van der Waals surface area (Å²) in [4.78, 5) is 6.75. The van der Waals surface area contributed by atoms with E-state index in [0.717, 1.165) is 49.6 Å². The second-order valence-corrected chi connectivity index (χ2v) is 8.52. The topological polar surface area (TPSA) is 81.4 Å². The molecule has 0 amide bonds. The molecule has 156 valence electrons. The summed E-state index contributed by atoms with van der Waals surface area (Å²) in [6.45, 7) is 3.17. The Kier molecular flexibility index (Phi) is 4.28. The van der Waals surface area contributed by atoms with Crippen molar-refractivity contribution in [3.05, 3.63) is 48.4 Å². The monoisotopic (exact) mass is 408 g/mol. The van der Waals surface area contributed by atoms with Crippen LogP contribution in [0.5, 0.6) is 17.2 Å². The first kappa shape index (κ1) is 18.0. The number of fused-ring (bicyclic) bond motifs is 3. The van der Waals surface area contributed by atoms with E-state index in [0.29, 0.717) is 17.6 Å². The first-order valence-corrected chi connectivity index (χ1v) is 10.5. The van der Waals surface area contributed by atoms with Crippen molar-refractivity contribution in [3.63, 3.8) is 0 Å². The highest BCUT2D eigenvalue weighted by Gasteiger charge is 2.42. The first-order chi connectivity index (χ1) is 14.7. The fourth-order valence-corrected chi connectivity index (χ4v) is 5.08. The van der Waals surface area contributed by atoms with Gasteiger partial charge in [-0.25, -0.2) is 9.50 Å². The molecule has 0 unspecified atom stereocenters. The maximum atomic E-state index is 10.7. The van der Waals surface area contributed by atoms with E-state index < -0.39 is 6.10 Å². The van der Waals surface area contributed by atoms with Crippen LogP contribution in [0.4, 0.5) is 0 Å². The fourth-order valence-electron chi connectivity index (χ4n) is 5.08. The van der Waals surface area contributed by atoms with Crippen LogP contribution in [0.2, 0.25) is 0 Å². The molecular formula is C22H24N4O4. The number of benzene rings is 1. The molecular weight excluding hydrogens is 384 g/mol. The molecule has 4 atom stereocenters. The molecule has 1 saturated carbocycles. The van der Waals surface area contributed by atoms with E-state index >= 15 is 0 Å². The van der Waals surface area contributed by atoms with Crippen LogP contribution in [0, 0.1) is 11.8 Å². The van der Waals surface area contributed by atoms with Gasteiger partial charge in [0.05, 0.1) is 6.10 Å². The highest BCUT2D eigenvalue weighted by molar-refractivity contribution is 5.47. The smallest absolute Gasteiger partial charge is 0.231 e. The Hall–Kier alpha value is -2.84. The van der Waals surface area contributed by atoms with Gasteiger partial charge in [-0.2, -0.15) is 5.10 Å². The Bertz CT molecular complexity index is 1070. The number of likely N-dealkylation sites (tertiary alicyclic amines) is 1. The number of pyridine rings is 1. The van der Waals surface area contributed by atoms with Gasteiger partial charge in [-0.15, -0.1) is 0 Å². The van der Waals surface area contributed by atoms with Crippen LogP contribution in [0.1, 0.15) is 18.4 Å². The molecule has 1 saturated heterocycles. The van der Waals surface area contributed by atoms with Crippen molar-refractivity contribution >= 4 is 5.65 Å². The average molecular weight is 408 g/mol. The van der Waals surface area contributed by atoms with Crippen LogP contribution in [0.15, 0.2) is 42.9 Å². The minimum absolute atomic E-state index is 0.195. The minimum Gasteiger partial charge on any atom is -0.488 e. The normalized spacial score (nSPS) is 28.0. The van der Waals surface area contributed by atoms with Gasteiger partial charge in [-0.3, -0.25) is 4.90 Å². The lowest BCUT2D eigenvalue weighted by Crippen LogP contribution is -2.42. The van der Waals surface area contributed by atoms with Gasteiger partial charge in [0, 0.05) is 31.9 Å². The molecule has 1 N–H and O–H groups in total. The summed E-state index contributed by atoms with van der Waals surface area (Å²) >= 11 is 0. The Balaban J connectivity index is 1.11. The number of aromatic nitrogens is 3. The van der Waals surface area contributed by atoms with E-state index in [1.165, 1.54) is 5.56 Å². The summed E-state index contributed by atoms with van der Waals surface area (Å²) in [5, 5.41) is 14.9. The van der Waals surface area contributed by atoms with Gasteiger partial charge in [0.15, 0.2) is 17.1 Å². The molecule has 4 heterocycles. The molecule has 1 aliphatic carbocycles. The first-order valence-electron chi connectivity index (χ1n) is 10.5. The lowest BCUT2D eigenvalue weighted by Gasteiger charge is -2.35. The zero-order valence-electron chi connectivity index (χ0n) is 16.6. The molecule has 2 aromatic heterocycles. The number of hydrogen-bond donors (Lipinski definition) is 1. The van der Waals surface area contributed by atoms with E-state index in [9.17, 15) is 5.11 Å². The summed E-state index contributed by atoms with van der Waals surface area (Å²) in [6.07, 6.45) is 4.52. The molecule has 8 nitrogen and oxygen atoms in total. The Labute approximate surface area is 174 Å². The van der Waals surface area contributed by atoms with Crippen molar-refractivity contribution < 1.29 is 19.3 Å². The van der Waals surface area contributed by atoms with Crippen LogP contribution in [0.25, 0.3) is 5.65 Å². The maximum absolute atomic E-state index is 10.7. The molecule has 0 bridgehead atoms. The number of hydrogen-bond acceptors (Lipinski definition) is 7. The quantitative estimate of drug-likeness (QED) is 0.708. The zero-order chi connectivity index (χ0) is 20.1. The lowest BCUT2D eigenvalue weighted by molar-refractivity contribution is -0.0232. The molecule has 3 aliphatic rings. The van der Waals surface area contributed by atoms with E-state index in [2.05, 4.69) is 27.1 Å². The van der Waals surface area contributed by atoms with Crippen LogP contribution in [0.3, 0.4) is 0 Å². The number of aliphatic hydroxyl groups excluding tert-OH is 1. The third kappa shape index (κ3) is 3.26. The molecule has 1 aromatic carbocycles. The standard InChI is InChI=1S/C22H24N4O4/c27-18-6-15-10-25(9-14-3-4-26-22(5-14)23-12-24-26)11-16(15)7-20(18)30-17-1-2-19-21(8-17)29-13-28-19/h1-5,8,12,15-16,18,20,27H,6-7,9-11,13H2/t15-,16+,18+,20+/m0/s1. The van der Waals surface area contributed by atoms with Crippen molar-refractivity contribution in [3.8, 4) is 17.2 Å². The molecule has 0 radical (unpaired) electrons. The molecule has 8 heteroatoms. The highest BCUT2D eigenvalue weighted by atomic mass is 16.7. The van der Waals surface area contributed by atoms with E-state index in [-0.39, 0.29) is 12.9 Å². The van der Waals surface area contributed by atoms with Gasteiger partial charge in [-0.05, 0) is 54.5 Å². The van der Waals surface area contributed by atoms with E-state index in [1.54, 1.807) is 10.8 Å². The summed E-state index contributed by atoms with van der Waals surface area (Å²) < 4.78 is 18.7. The summed E-state index contributed by atoms with van der Waals surface area (Å²) in [5.74, 6) is 3.20. The van der Waals surface area contributed by atoms with Crippen LogP contribution < -0.4 is 14.2 Å². The molecule has 2 fully saturated rings. The Morgan fingerprint density at radius 2 is 1.93 bits per heavy atom. The van der Waals surface area contributed by atoms with Gasteiger partial charge in [0.25, 0.3) is 0 Å². The Morgan fingerprint density at radius 3 is 2.87 bits per heavy atom. The van der Waals surface area contributed by atoms with Crippen molar-refractivity contribution in [2.24, 2.45) is 11.8 Å². The summed E-state index contributed by atoms with van der Waals surface area (Å²) in [6, 6.07) is 9.79. The SMILES string of the molecule is O[C@@H]1C[C@H]2CN(Cc3ccn4ncnc4c3)C[C@H]2C[C@H]1Oc1ccc2c(c1)OCO2. The summed E-state index contributed by atoms with van der Waals surface area (Å²) in [5.41, 5.74) is 2.11. The van der Waals surface area contributed by atoms with E-state index in [4.69, 9.17) is 14.2 Å². The van der Waals surface area contributed by atoms with Gasteiger partial charge >= 0.3 is 0 Å². The number of aliphatic hydroxyl groups is 1. The second-order valence-electron chi connectivity index (χ2n) is 8.52. The minimum atomic E-state index is -0.455. The van der Waals surface area contributed by atoms with Crippen LogP contribution >= 0.6 is 0 Å². The maximum Gasteiger partial charge on any atom is 0.231 e. The van der Waals surface area contributed by atoms with Crippen molar-refractivity contribution in [1.82, 2.24) is 19.5 Å². The number of rotatable bonds is 4. The van der Waals surface area contributed by atoms with Gasteiger partial charge in [-0.1, -0.05) is 0 Å². The zero-order valence-corrected chi connectivity index (χ0v) is 16.6. The van der Waals surface area contributed by atoms with Crippen LogP contribution in [-0.4, -0.2) is 56.7 Å². The van der Waals surface area contributed by atoms with Crippen molar-refractivity contribution in [2.45, 2.75) is 31.6 Å². The average Bonchev–Trinajstić information content (AvgIpc) is 3.46. The largest absolute Gasteiger partial charge is 0.488 e. The lowest BCUT2D eigenvalue weighted by atomic mass is 9.78. The summed E-state index contributed by atoms with van der Waals surface area (Å²) in [7, 11) is 0. The van der Waals surface area contributed by atoms with Gasteiger partial charge in [0.1, 0.15) is 18.2 Å². The van der Waals surface area contributed by atoms with Gasteiger partial charge < -0.3 is 19.3 Å². The highest BCUT2D eigenvalue weighted by Crippen LogP contribution is 2.40. The van der Waals surface area contributed by atoms with Gasteiger partial charge in [0.2, 0.25) is 6.79 Å². The van der Waals surface area contributed by atoms with Crippen LogP contribution in [-0.2, 0) is 6.54 Å². The third-order valence-corrected chi connectivity index (χ3v) is 6.54. The Morgan fingerprint density at radius 1 is 1.07 bits per heavy atom. The van der Waals surface area contributed by atoms with Crippen molar-refractivity contribution in [2.75, 3.05) is 19.9 Å². The number of nitrogens with zero attached hydrogens (tertiary/aromatic N) is 4. The molecule has 30 heavy (non-hydrogen) atoms. The predicted octanol–water partition coefficient (Wildman–Crippen LogP) is 2.11. The molecule has 2 aliphatic heterocycles. The fraction of sp³-hybridized carbons (Fsp3) is 0.455. The number of ether oxygens (including phenoxy) is 3. The van der Waals surface area contributed by atoms with Crippen molar-refractivity contribution in [1.29, 1.82) is 0 Å². The molecule has 3 aromatic rings. The second kappa shape index (κ2) is 7.14.